The fourth-order valence-electron chi connectivity index (χ4n) is 4.11. The van der Waals surface area contributed by atoms with Crippen LogP contribution in [0.2, 0.25) is 0 Å². The molecular formula is C28H26FN3O5S. The number of nitrogen functional groups attached to an aromatic ring is 1. The van der Waals surface area contributed by atoms with Crippen molar-refractivity contribution in [2.75, 3.05) is 18.6 Å². The van der Waals surface area contributed by atoms with Gasteiger partial charge in [-0.15, -0.1) is 0 Å². The molecule has 0 saturated heterocycles. The number of Topliss-reactive ketones (excluding diaryl/α,β-unsaturated/α-hetero) is 1. The molecule has 38 heavy (non-hydrogen) atoms. The molecule has 2 heterocycles. The summed E-state index contributed by atoms with van der Waals surface area (Å²) in [4.78, 5) is 21.7. The molecule has 2 aromatic heterocycles. The number of nitrogens with two attached hydrogens (primary N) is 1. The third-order valence-corrected chi connectivity index (χ3v) is 7.29. The van der Waals surface area contributed by atoms with E-state index in [2.05, 4.69) is 9.97 Å². The Morgan fingerprint density at radius 3 is 2.34 bits per heavy atom. The van der Waals surface area contributed by atoms with Gasteiger partial charge in [0.25, 0.3) is 0 Å². The summed E-state index contributed by atoms with van der Waals surface area (Å²) in [5.74, 6) is -1.40. The van der Waals surface area contributed by atoms with Crippen molar-refractivity contribution in [3.63, 3.8) is 0 Å². The summed E-state index contributed by atoms with van der Waals surface area (Å²) in [7, 11) is -2.67. The minimum Gasteiger partial charge on any atom is -0.496 e. The van der Waals surface area contributed by atoms with Crippen LogP contribution < -0.4 is 15.2 Å². The quantitative estimate of drug-likeness (QED) is 0.304. The monoisotopic (exact) mass is 535 g/mol. The van der Waals surface area contributed by atoms with Crippen molar-refractivity contribution in [2.45, 2.75) is 25.8 Å². The van der Waals surface area contributed by atoms with Gasteiger partial charge in [0, 0.05) is 5.56 Å². The number of hydrogen-bond donors (Lipinski definition) is 1. The lowest BCUT2D eigenvalue weighted by Gasteiger charge is -2.16. The molecule has 0 aliphatic carbocycles. The number of halogens is 1. The largest absolute Gasteiger partial charge is 0.496 e. The minimum atomic E-state index is -4.11. The van der Waals surface area contributed by atoms with E-state index in [0.717, 1.165) is 16.7 Å². The first-order valence-corrected chi connectivity index (χ1v) is 13.2. The molecule has 4 rings (SSSR count). The number of sulfone groups is 1. The molecule has 0 radical (unpaired) electrons. The summed E-state index contributed by atoms with van der Waals surface area (Å²) in [5, 5.41) is -0.312. The highest BCUT2D eigenvalue weighted by Crippen LogP contribution is 2.35. The fraction of sp³-hybridized carbons (Fsp3) is 0.179. The highest BCUT2D eigenvalue weighted by atomic mass is 32.2. The number of aryl methyl sites for hydroxylation is 3. The molecule has 0 bridgehead atoms. The van der Waals surface area contributed by atoms with E-state index in [4.69, 9.17) is 15.2 Å². The number of carbonyl (C=O) groups excluding carboxylic acids is 1. The van der Waals surface area contributed by atoms with E-state index < -0.39 is 27.2 Å². The standard InChI is InChI=1S/C28H26FN3O5S/c1-16-12-17(2)27(18(3)13-16)37-28-20(23(33)15-38(34,35)26-7-5-6-25(30)32-26)9-10-22(31-28)21-14-19(29)8-11-24(21)36-4/h5-14H,15H2,1-4H3,(H2,30,32). The lowest BCUT2D eigenvalue weighted by molar-refractivity contribution is 0.101. The number of ether oxygens (including phenoxy) is 2. The number of carbonyl (C=O) groups is 1. The number of hydrogen-bond acceptors (Lipinski definition) is 8. The van der Waals surface area contributed by atoms with Gasteiger partial charge in [0.2, 0.25) is 15.7 Å². The predicted molar refractivity (Wildman–Crippen MR) is 142 cm³/mol. The number of nitrogens with zero attached hydrogens (tertiary/aromatic N) is 2. The molecule has 4 aromatic rings. The maximum atomic E-state index is 14.1. The van der Waals surface area contributed by atoms with Gasteiger partial charge in [-0.05, 0) is 74.4 Å². The van der Waals surface area contributed by atoms with Crippen LogP contribution in [-0.2, 0) is 9.84 Å². The van der Waals surface area contributed by atoms with Crippen molar-refractivity contribution in [1.29, 1.82) is 0 Å². The summed E-state index contributed by atoms with van der Waals surface area (Å²) in [6.45, 7) is 5.65. The maximum absolute atomic E-state index is 14.1. The average molecular weight is 536 g/mol. The highest BCUT2D eigenvalue weighted by molar-refractivity contribution is 7.92. The zero-order valence-corrected chi connectivity index (χ0v) is 22.1. The summed E-state index contributed by atoms with van der Waals surface area (Å²) in [5.41, 5.74) is 8.80. The van der Waals surface area contributed by atoms with Gasteiger partial charge >= 0.3 is 0 Å². The molecule has 0 fully saturated rings. The van der Waals surface area contributed by atoms with Crippen molar-refractivity contribution >= 4 is 21.4 Å². The molecule has 0 amide bonds. The summed E-state index contributed by atoms with van der Waals surface area (Å²) in [6.07, 6.45) is 0. The number of rotatable bonds is 8. The SMILES string of the molecule is COc1ccc(F)cc1-c1ccc(C(=O)CS(=O)(=O)c2cccc(N)n2)c(Oc2c(C)cc(C)cc2C)n1. The molecule has 196 valence electrons. The van der Waals surface area contributed by atoms with Crippen LogP contribution in [0.1, 0.15) is 27.0 Å². The first-order chi connectivity index (χ1) is 18.0. The molecule has 0 unspecified atom stereocenters. The van der Waals surface area contributed by atoms with Crippen LogP contribution in [0.25, 0.3) is 11.3 Å². The Morgan fingerprint density at radius 1 is 0.974 bits per heavy atom. The van der Waals surface area contributed by atoms with Crippen LogP contribution in [0.3, 0.4) is 0 Å². The van der Waals surface area contributed by atoms with E-state index in [0.29, 0.717) is 17.1 Å². The van der Waals surface area contributed by atoms with Crippen LogP contribution in [-0.4, -0.2) is 37.0 Å². The number of aromatic nitrogens is 2. The molecular weight excluding hydrogens is 509 g/mol. The molecule has 2 N–H and O–H groups in total. The second-order valence-electron chi connectivity index (χ2n) is 8.81. The number of anilines is 1. The molecule has 0 aliphatic heterocycles. The van der Waals surface area contributed by atoms with Gasteiger partial charge in [0.1, 0.15) is 28.9 Å². The minimum absolute atomic E-state index is 0.0166. The van der Waals surface area contributed by atoms with E-state index in [9.17, 15) is 17.6 Å². The first kappa shape index (κ1) is 26.7. The molecule has 8 nitrogen and oxygen atoms in total. The zero-order chi connectivity index (χ0) is 27.6. The Labute approximate surface area is 220 Å². The van der Waals surface area contributed by atoms with Crippen LogP contribution in [0.4, 0.5) is 10.2 Å². The van der Waals surface area contributed by atoms with Crippen molar-refractivity contribution in [1.82, 2.24) is 9.97 Å². The van der Waals surface area contributed by atoms with Crippen LogP contribution >= 0.6 is 0 Å². The second-order valence-corrected chi connectivity index (χ2v) is 10.7. The lowest BCUT2D eigenvalue weighted by Crippen LogP contribution is -2.19. The lowest BCUT2D eigenvalue weighted by atomic mass is 10.1. The number of pyridine rings is 2. The van der Waals surface area contributed by atoms with Crippen LogP contribution in [0.15, 0.2) is 65.7 Å². The van der Waals surface area contributed by atoms with Gasteiger partial charge in [-0.3, -0.25) is 4.79 Å². The van der Waals surface area contributed by atoms with Crippen molar-refractivity contribution in [3.05, 3.63) is 88.7 Å². The first-order valence-electron chi connectivity index (χ1n) is 11.6. The topological polar surface area (TPSA) is 121 Å². The third kappa shape index (κ3) is 5.65. The highest BCUT2D eigenvalue weighted by Gasteiger charge is 2.26. The summed E-state index contributed by atoms with van der Waals surface area (Å²) in [6, 6.07) is 14.9. The predicted octanol–water partition coefficient (Wildman–Crippen LogP) is 5.25. The van der Waals surface area contributed by atoms with E-state index in [1.807, 2.05) is 32.9 Å². The van der Waals surface area contributed by atoms with E-state index in [1.54, 1.807) is 0 Å². The Hall–Kier alpha value is -4.31. The summed E-state index contributed by atoms with van der Waals surface area (Å²) < 4.78 is 51.5. The van der Waals surface area contributed by atoms with Gasteiger partial charge in [0.05, 0.1) is 18.4 Å². The maximum Gasteiger partial charge on any atom is 0.230 e. The zero-order valence-electron chi connectivity index (χ0n) is 21.3. The molecule has 0 aliphatic rings. The van der Waals surface area contributed by atoms with Crippen LogP contribution in [0.5, 0.6) is 17.4 Å². The average Bonchev–Trinajstić information content (AvgIpc) is 2.85. The van der Waals surface area contributed by atoms with Gasteiger partial charge in [0.15, 0.2) is 10.8 Å². The Bertz CT molecular complexity index is 1630. The van der Waals surface area contributed by atoms with Crippen molar-refractivity contribution in [2.24, 2.45) is 0 Å². The van der Waals surface area contributed by atoms with E-state index >= 15 is 0 Å². The number of benzene rings is 2. The smallest absolute Gasteiger partial charge is 0.230 e. The van der Waals surface area contributed by atoms with Gasteiger partial charge < -0.3 is 15.2 Å². The van der Waals surface area contributed by atoms with E-state index in [-0.39, 0.29) is 28.0 Å². The second kappa shape index (κ2) is 10.6. The van der Waals surface area contributed by atoms with Gasteiger partial charge in [-0.25, -0.2) is 22.8 Å². The molecule has 0 atom stereocenters. The third-order valence-electron chi connectivity index (χ3n) is 5.79. The van der Waals surface area contributed by atoms with Gasteiger partial charge in [-0.2, -0.15) is 0 Å². The Kier molecular flexibility index (Phi) is 7.45. The normalized spacial score (nSPS) is 11.3. The summed E-state index contributed by atoms with van der Waals surface area (Å²) >= 11 is 0. The molecule has 10 heteroatoms. The molecule has 2 aromatic carbocycles. The fourth-order valence-corrected chi connectivity index (χ4v) is 5.29. The number of methoxy groups -OCH3 is 1. The van der Waals surface area contributed by atoms with E-state index in [1.165, 1.54) is 55.6 Å². The van der Waals surface area contributed by atoms with Gasteiger partial charge in [-0.1, -0.05) is 23.8 Å². The molecule has 0 spiro atoms. The number of ketones is 1. The van der Waals surface area contributed by atoms with Crippen molar-refractivity contribution < 1.29 is 27.1 Å². The van der Waals surface area contributed by atoms with Crippen molar-refractivity contribution in [3.8, 4) is 28.6 Å². The Morgan fingerprint density at radius 2 is 1.68 bits per heavy atom. The molecule has 0 saturated carbocycles. The Balaban J connectivity index is 1.82. The van der Waals surface area contributed by atoms with Crippen LogP contribution in [0, 0.1) is 26.6 Å².